The van der Waals surface area contributed by atoms with Crippen molar-refractivity contribution in [3.05, 3.63) is 18.3 Å². The number of hydrogen-bond donors (Lipinski definition) is 1. The van der Waals surface area contributed by atoms with Crippen LogP contribution in [-0.2, 0) is 19.9 Å². The first-order chi connectivity index (χ1) is 9.76. The SMILES string of the molecule is CCNc1cc(S(=O)(=O)N2CCS(=O)(=O)CC2C)ccn1. The summed E-state index contributed by atoms with van der Waals surface area (Å²) >= 11 is 0. The van der Waals surface area contributed by atoms with E-state index < -0.39 is 25.9 Å². The van der Waals surface area contributed by atoms with Gasteiger partial charge in [0.05, 0.1) is 16.4 Å². The van der Waals surface area contributed by atoms with Crippen LogP contribution in [0.3, 0.4) is 0 Å². The molecule has 2 heterocycles. The molecule has 0 saturated carbocycles. The highest BCUT2D eigenvalue weighted by molar-refractivity contribution is 7.92. The van der Waals surface area contributed by atoms with Gasteiger partial charge < -0.3 is 5.32 Å². The van der Waals surface area contributed by atoms with Gasteiger partial charge in [0.1, 0.15) is 5.82 Å². The predicted molar refractivity (Wildman–Crippen MR) is 80.4 cm³/mol. The molecule has 0 amide bonds. The molecule has 0 radical (unpaired) electrons. The maximum Gasteiger partial charge on any atom is 0.243 e. The minimum atomic E-state index is -3.71. The van der Waals surface area contributed by atoms with Crippen molar-refractivity contribution in [1.29, 1.82) is 0 Å². The molecule has 0 bridgehead atoms. The van der Waals surface area contributed by atoms with Crippen LogP contribution in [0.2, 0.25) is 0 Å². The van der Waals surface area contributed by atoms with Gasteiger partial charge in [-0.25, -0.2) is 21.8 Å². The number of rotatable bonds is 4. The van der Waals surface area contributed by atoms with Gasteiger partial charge in [-0.15, -0.1) is 0 Å². The number of anilines is 1. The maximum atomic E-state index is 12.6. The Kier molecular flexibility index (Phi) is 4.54. The maximum absolute atomic E-state index is 12.6. The quantitative estimate of drug-likeness (QED) is 0.852. The summed E-state index contributed by atoms with van der Waals surface area (Å²) in [7, 11) is -6.87. The van der Waals surface area contributed by atoms with Gasteiger partial charge in [-0.3, -0.25) is 0 Å². The minimum Gasteiger partial charge on any atom is -0.370 e. The van der Waals surface area contributed by atoms with Gasteiger partial charge in [0.2, 0.25) is 10.0 Å². The summed E-state index contributed by atoms with van der Waals surface area (Å²) in [6, 6.07) is 2.32. The highest BCUT2D eigenvalue weighted by Crippen LogP contribution is 2.23. The van der Waals surface area contributed by atoms with Crippen molar-refractivity contribution < 1.29 is 16.8 Å². The lowest BCUT2D eigenvalue weighted by Gasteiger charge is -2.32. The van der Waals surface area contributed by atoms with Crippen molar-refractivity contribution in [3.63, 3.8) is 0 Å². The molecule has 0 spiro atoms. The molecule has 1 fully saturated rings. The van der Waals surface area contributed by atoms with Crippen molar-refractivity contribution in [3.8, 4) is 0 Å². The third kappa shape index (κ3) is 3.53. The number of pyridine rings is 1. The number of nitrogens with one attached hydrogen (secondary N) is 1. The van der Waals surface area contributed by atoms with Crippen LogP contribution in [0.4, 0.5) is 5.82 Å². The second-order valence-corrected chi connectivity index (χ2v) is 9.11. The topological polar surface area (TPSA) is 96.4 Å². The van der Waals surface area contributed by atoms with Crippen LogP contribution in [0.5, 0.6) is 0 Å². The Morgan fingerprint density at radius 2 is 2.19 bits per heavy atom. The third-order valence-electron chi connectivity index (χ3n) is 3.31. The van der Waals surface area contributed by atoms with E-state index in [1.54, 1.807) is 6.92 Å². The third-order valence-corrected chi connectivity index (χ3v) is 7.11. The number of hydrogen-bond acceptors (Lipinski definition) is 6. The van der Waals surface area contributed by atoms with E-state index in [0.717, 1.165) is 0 Å². The molecule has 9 heteroatoms. The second-order valence-electron chi connectivity index (χ2n) is 4.99. The van der Waals surface area contributed by atoms with Gasteiger partial charge in [0.25, 0.3) is 0 Å². The zero-order valence-electron chi connectivity index (χ0n) is 12.0. The number of nitrogens with zero attached hydrogens (tertiary/aromatic N) is 2. The van der Waals surface area contributed by atoms with Crippen LogP contribution in [0.1, 0.15) is 13.8 Å². The fourth-order valence-corrected chi connectivity index (χ4v) is 5.74. The van der Waals surface area contributed by atoms with Crippen molar-refractivity contribution in [2.24, 2.45) is 0 Å². The van der Waals surface area contributed by atoms with Crippen molar-refractivity contribution in [1.82, 2.24) is 9.29 Å². The van der Waals surface area contributed by atoms with Gasteiger partial charge in [0.15, 0.2) is 9.84 Å². The summed E-state index contributed by atoms with van der Waals surface area (Å²) in [6.07, 6.45) is 1.43. The van der Waals surface area contributed by atoms with E-state index in [2.05, 4.69) is 10.3 Å². The van der Waals surface area contributed by atoms with Gasteiger partial charge in [0, 0.05) is 31.4 Å². The Morgan fingerprint density at radius 3 is 2.81 bits per heavy atom. The molecule has 1 aromatic rings. The molecule has 1 aliphatic heterocycles. The molecule has 1 saturated heterocycles. The summed E-state index contributed by atoms with van der Waals surface area (Å²) in [5.74, 6) is 0.204. The Bertz CT molecular complexity index is 716. The molecule has 1 N–H and O–H groups in total. The number of sulfone groups is 1. The largest absolute Gasteiger partial charge is 0.370 e. The smallest absolute Gasteiger partial charge is 0.243 e. The first-order valence-corrected chi connectivity index (χ1v) is 9.94. The lowest BCUT2D eigenvalue weighted by molar-refractivity contribution is 0.357. The van der Waals surface area contributed by atoms with Gasteiger partial charge in [-0.1, -0.05) is 0 Å². The van der Waals surface area contributed by atoms with E-state index in [0.29, 0.717) is 12.4 Å². The van der Waals surface area contributed by atoms with Crippen molar-refractivity contribution in [2.75, 3.05) is 29.9 Å². The van der Waals surface area contributed by atoms with Crippen molar-refractivity contribution >= 4 is 25.7 Å². The molecule has 7 nitrogen and oxygen atoms in total. The normalized spacial score (nSPS) is 22.9. The molecule has 1 atom stereocenters. The first kappa shape index (κ1) is 16.2. The van der Waals surface area contributed by atoms with E-state index in [1.807, 2.05) is 6.92 Å². The molecule has 0 aromatic carbocycles. The van der Waals surface area contributed by atoms with Crippen LogP contribution in [0.15, 0.2) is 23.2 Å². The minimum absolute atomic E-state index is 0.00923. The van der Waals surface area contributed by atoms with E-state index >= 15 is 0 Å². The molecule has 118 valence electrons. The lowest BCUT2D eigenvalue weighted by Crippen LogP contribution is -2.49. The Hall–Kier alpha value is -1.19. The molecular formula is C12H19N3O4S2. The van der Waals surface area contributed by atoms with Gasteiger partial charge in [-0.05, 0) is 19.9 Å². The van der Waals surface area contributed by atoms with Crippen LogP contribution in [0.25, 0.3) is 0 Å². The zero-order valence-corrected chi connectivity index (χ0v) is 13.6. The number of aromatic nitrogens is 1. The summed E-state index contributed by atoms with van der Waals surface area (Å²) in [5.41, 5.74) is 0. The van der Waals surface area contributed by atoms with Crippen LogP contribution < -0.4 is 5.32 Å². The average Bonchev–Trinajstić information content (AvgIpc) is 2.38. The molecule has 21 heavy (non-hydrogen) atoms. The Morgan fingerprint density at radius 1 is 1.48 bits per heavy atom. The zero-order chi connectivity index (χ0) is 15.7. The van der Waals surface area contributed by atoms with E-state index in [9.17, 15) is 16.8 Å². The molecular weight excluding hydrogens is 314 g/mol. The molecule has 0 aliphatic carbocycles. The first-order valence-electron chi connectivity index (χ1n) is 6.68. The van der Waals surface area contributed by atoms with E-state index in [-0.39, 0.29) is 22.9 Å². The summed E-state index contributed by atoms with van der Waals surface area (Å²) in [5, 5.41) is 2.96. The highest BCUT2D eigenvalue weighted by Gasteiger charge is 2.36. The fourth-order valence-electron chi connectivity index (χ4n) is 2.33. The lowest BCUT2D eigenvalue weighted by atomic mass is 10.4. The molecule has 1 aliphatic rings. The molecule has 1 aromatic heterocycles. The number of sulfonamides is 1. The Balaban J connectivity index is 2.32. The van der Waals surface area contributed by atoms with Crippen LogP contribution in [0, 0.1) is 0 Å². The Labute approximate surface area is 125 Å². The summed E-state index contributed by atoms with van der Waals surface area (Å²) in [6.45, 7) is 4.13. The average molecular weight is 333 g/mol. The molecule has 1 unspecified atom stereocenters. The summed E-state index contributed by atoms with van der Waals surface area (Å²) < 4.78 is 49.7. The fraction of sp³-hybridized carbons (Fsp3) is 0.583. The predicted octanol–water partition coefficient (Wildman–Crippen LogP) is 0.321. The monoisotopic (exact) mass is 333 g/mol. The highest BCUT2D eigenvalue weighted by atomic mass is 32.2. The molecule has 2 rings (SSSR count). The van der Waals surface area contributed by atoms with Crippen LogP contribution >= 0.6 is 0 Å². The standard InChI is InChI=1S/C12H19N3O4S2/c1-3-13-12-8-11(4-5-14-12)21(18,19)15-6-7-20(16,17)9-10(15)2/h4-5,8,10H,3,6-7,9H2,1-2H3,(H,13,14). The second kappa shape index (κ2) is 5.90. The van der Waals surface area contributed by atoms with Gasteiger partial charge in [-0.2, -0.15) is 4.31 Å². The summed E-state index contributed by atoms with van der Waals surface area (Å²) in [4.78, 5) is 4.16. The van der Waals surface area contributed by atoms with Gasteiger partial charge >= 0.3 is 0 Å². The van der Waals surface area contributed by atoms with E-state index in [4.69, 9.17) is 0 Å². The van der Waals surface area contributed by atoms with Crippen LogP contribution in [-0.4, -0.2) is 56.8 Å². The van der Waals surface area contributed by atoms with E-state index in [1.165, 1.54) is 22.6 Å². The van der Waals surface area contributed by atoms with Crippen molar-refractivity contribution in [2.45, 2.75) is 24.8 Å².